The molecule has 142 valence electrons. The van der Waals surface area contributed by atoms with E-state index in [1.165, 1.54) is 13.8 Å². The summed E-state index contributed by atoms with van der Waals surface area (Å²) in [6, 6.07) is 0. The van der Waals surface area contributed by atoms with Crippen LogP contribution in [-0.4, -0.2) is 23.9 Å². The maximum Gasteiger partial charge on any atom is 0.402 e. The molecule has 2 bridgehead atoms. The number of fused-ring (bicyclic) bond motifs is 2. The van der Waals surface area contributed by atoms with Gasteiger partial charge in [0.25, 0.3) is 5.92 Å². The Hall–Kier alpha value is -0.630. The molecule has 0 nitrogen and oxygen atoms in total. The summed E-state index contributed by atoms with van der Waals surface area (Å²) in [5.41, 5.74) is -7.55. The van der Waals surface area contributed by atoms with Crippen molar-refractivity contribution in [2.45, 2.75) is 64.0 Å². The van der Waals surface area contributed by atoms with E-state index in [9.17, 15) is 35.1 Å². The fraction of sp³-hybridized carbons (Fsp3) is 1.00. The molecule has 0 aromatic heterocycles. The van der Waals surface area contributed by atoms with Gasteiger partial charge in [-0.15, -0.1) is 0 Å². The minimum Gasteiger partial charge on any atom is -0.237 e. The van der Waals surface area contributed by atoms with Crippen molar-refractivity contribution in [1.29, 1.82) is 0 Å². The fourth-order valence-corrected chi connectivity index (χ4v) is 4.30. The summed E-state index contributed by atoms with van der Waals surface area (Å²) in [6.07, 6.45) is -14.8. The van der Waals surface area contributed by atoms with Crippen molar-refractivity contribution in [3.8, 4) is 0 Å². The molecule has 0 saturated heterocycles. The van der Waals surface area contributed by atoms with Crippen LogP contribution < -0.4 is 0 Å². The summed E-state index contributed by atoms with van der Waals surface area (Å²) in [7, 11) is 0. The molecule has 0 N–H and O–H groups in total. The van der Waals surface area contributed by atoms with Gasteiger partial charge in [0, 0.05) is 11.8 Å². The highest BCUT2D eigenvalue weighted by molar-refractivity contribution is 5.17. The highest BCUT2D eigenvalue weighted by atomic mass is 19.4. The zero-order valence-electron chi connectivity index (χ0n) is 13.3. The van der Waals surface area contributed by atoms with E-state index in [2.05, 4.69) is 0 Å². The molecule has 0 heterocycles. The first-order valence-corrected chi connectivity index (χ1v) is 7.71. The summed E-state index contributed by atoms with van der Waals surface area (Å²) < 4.78 is 121. The van der Waals surface area contributed by atoms with E-state index in [1.54, 1.807) is 0 Å². The van der Waals surface area contributed by atoms with Crippen molar-refractivity contribution in [3.05, 3.63) is 0 Å². The lowest BCUT2D eigenvalue weighted by atomic mass is 9.68. The van der Waals surface area contributed by atoms with E-state index in [0.29, 0.717) is 0 Å². The lowest BCUT2D eigenvalue weighted by molar-refractivity contribution is -0.340. The number of alkyl halides is 9. The maximum atomic E-state index is 15.0. The van der Waals surface area contributed by atoms with Crippen molar-refractivity contribution in [2.75, 3.05) is 0 Å². The van der Waals surface area contributed by atoms with Gasteiger partial charge in [-0.2, -0.15) is 26.3 Å². The quantitative estimate of drug-likeness (QED) is 0.522. The normalized spacial score (nSPS) is 39.5. The zero-order valence-corrected chi connectivity index (χ0v) is 13.3. The van der Waals surface area contributed by atoms with Crippen molar-refractivity contribution in [1.82, 2.24) is 0 Å². The Morgan fingerprint density at radius 3 is 1.62 bits per heavy atom. The zero-order chi connectivity index (χ0) is 18.9. The summed E-state index contributed by atoms with van der Waals surface area (Å²) in [4.78, 5) is 0. The van der Waals surface area contributed by atoms with Gasteiger partial charge >= 0.3 is 12.4 Å². The Morgan fingerprint density at radius 2 is 1.25 bits per heavy atom. The third-order valence-corrected chi connectivity index (χ3v) is 6.45. The molecular formula is C15H19F9. The third kappa shape index (κ3) is 2.35. The smallest absolute Gasteiger partial charge is 0.237 e. The van der Waals surface area contributed by atoms with E-state index in [4.69, 9.17) is 0 Å². The molecule has 0 amide bonds. The van der Waals surface area contributed by atoms with Gasteiger partial charge < -0.3 is 0 Å². The lowest BCUT2D eigenvalue weighted by Crippen LogP contribution is -2.56. The monoisotopic (exact) mass is 370 g/mol. The second-order valence-corrected chi connectivity index (χ2v) is 7.48. The van der Waals surface area contributed by atoms with Crippen LogP contribution in [0, 0.1) is 29.1 Å². The number of halogens is 9. The molecule has 5 atom stereocenters. The molecule has 0 aliphatic heterocycles. The molecule has 2 aliphatic rings. The predicted molar refractivity (Wildman–Crippen MR) is 68.2 cm³/mol. The van der Waals surface area contributed by atoms with Crippen LogP contribution in [0.3, 0.4) is 0 Å². The Kier molecular flexibility index (Phi) is 4.26. The summed E-state index contributed by atoms with van der Waals surface area (Å²) in [6.45, 7) is 2.93. The van der Waals surface area contributed by atoms with E-state index in [-0.39, 0.29) is 13.3 Å². The Morgan fingerprint density at radius 1 is 0.833 bits per heavy atom. The van der Waals surface area contributed by atoms with Crippen LogP contribution in [-0.2, 0) is 0 Å². The Balaban J connectivity index is 2.30. The van der Waals surface area contributed by atoms with Crippen LogP contribution in [0.2, 0.25) is 0 Å². The topological polar surface area (TPSA) is 0 Å². The van der Waals surface area contributed by atoms with Crippen LogP contribution in [0.4, 0.5) is 39.5 Å². The average Bonchev–Trinajstić information content (AvgIpc) is 2.79. The minimum atomic E-state index is -5.70. The van der Waals surface area contributed by atoms with Gasteiger partial charge in [-0.3, -0.25) is 0 Å². The highest BCUT2D eigenvalue weighted by Crippen LogP contribution is 2.68. The van der Waals surface area contributed by atoms with Crippen LogP contribution in [0.25, 0.3) is 0 Å². The van der Waals surface area contributed by atoms with Crippen LogP contribution in [0.5, 0.6) is 0 Å². The van der Waals surface area contributed by atoms with Crippen molar-refractivity contribution < 1.29 is 39.5 Å². The average molecular weight is 370 g/mol. The molecule has 0 spiro atoms. The van der Waals surface area contributed by atoms with Gasteiger partial charge in [-0.05, 0) is 38.0 Å². The molecule has 0 aromatic rings. The van der Waals surface area contributed by atoms with Crippen LogP contribution in [0.15, 0.2) is 0 Å². The first kappa shape index (κ1) is 19.7. The lowest BCUT2D eigenvalue weighted by Gasteiger charge is -2.44. The van der Waals surface area contributed by atoms with Gasteiger partial charge in [0.1, 0.15) is 0 Å². The Labute approximate surface area is 133 Å². The van der Waals surface area contributed by atoms with Crippen LogP contribution in [0.1, 0.15) is 40.0 Å². The summed E-state index contributed by atoms with van der Waals surface area (Å²) in [5.74, 6) is -7.52. The van der Waals surface area contributed by atoms with Gasteiger partial charge in [-0.1, -0.05) is 13.8 Å². The summed E-state index contributed by atoms with van der Waals surface area (Å²) >= 11 is 0. The standard InChI is InChI=1S/C15H19F9/c1-7-8(2)10-6-9(7)12(16,13(10,17)18)5-4-11(3,14(19,20)21)15(22,23)24/h7-10H,4-6H2,1-3H3. The number of rotatable bonds is 3. The van der Waals surface area contributed by atoms with Crippen molar-refractivity contribution in [3.63, 3.8) is 0 Å². The fourth-order valence-electron chi connectivity index (χ4n) is 4.30. The summed E-state index contributed by atoms with van der Waals surface area (Å²) in [5, 5.41) is 0. The van der Waals surface area contributed by atoms with Crippen LogP contribution >= 0.6 is 0 Å². The van der Waals surface area contributed by atoms with E-state index >= 15 is 4.39 Å². The predicted octanol–water partition coefficient (Wildman–Crippen LogP) is 6.16. The van der Waals surface area contributed by atoms with Gasteiger partial charge in [0.05, 0.1) is 0 Å². The molecule has 2 rings (SSSR count). The van der Waals surface area contributed by atoms with E-state index in [1.807, 2.05) is 0 Å². The molecule has 5 unspecified atom stereocenters. The second kappa shape index (κ2) is 5.19. The second-order valence-electron chi connectivity index (χ2n) is 7.48. The highest BCUT2D eigenvalue weighted by Gasteiger charge is 2.76. The first-order valence-electron chi connectivity index (χ1n) is 7.71. The van der Waals surface area contributed by atoms with E-state index in [0.717, 1.165) is 0 Å². The SMILES string of the molecule is CC1C(C)C2CC1C(F)(F)C2(F)CCC(C)(C(F)(F)F)C(F)(F)F. The first-order chi connectivity index (χ1) is 10.5. The maximum absolute atomic E-state index is 15.0. The van der Waals surface area contributed by atoms with Gasteiger partial charge in [-0.25, -0.2) is 13.2 Å². The minimum absolute atomic E-state index is 0.103. The molecular weight excluding hydrogens is 351 g/mol. The van der Waals surface area contributed by atoms with Gasteiger partial charge in [0.15, 0.2) is 11.1 Å². The van der Waals surface area contributed by atoms with Crippen molar-refractivity contribution >= 4 is 0 Å². The third-order valence-electron chi connectivity index (χ3n) is 6.45. The van der Waals surface area contributed by atoms with Crippen molar-refractivity contribution in [2.24, 2.45) is 29.1 Å². The van der Waals surface area contributed by atoms with Gasteiger partial charge in [0.2, 0.25) is 0 Å². The largest absolute Gasteiger partial charge is 0.402 e. The molecule has 24 heavy (non-hydrogen) atoms. The molecule has 2 saturated carbocycles. The molecule has 0 aromatic carbocycles. The van der Waals surface area contributed by atoms with E-state index < -0.39 is 65.9 Å². The Bertz CT molecular complexity index is 478. The molecule has 2 fully saturated rings. The molecule has 0 radical (unpaired) electrons. The molecule has 2 aliphatic carbocycles. The number of hydrogen-bond donors (Lipinski definition) is 0. The molecule has 9 heteroatoms. The number of hydrogen-bond acceptors (Lipinski definition) is 0.